The summed E-state index contributed by atoms with van der Waals surface area (Å²) in [6.07, 6.45) is 9.76. The van der Waals surface area contributed by atoms with Crippen molar-refractivity contribution in [1.29, 1.82) is 0 Å². The Hall–Kier alpha value is -3.39. The first-order valence-corrected chi connectivity index (χ1v) is 13.4. The lowest BCUT2D eigenvalue weighted by Crippen LogP contribution is -2.42. The molecule has 0 radical (unpaired) electrons. The number of aromatic nitrogens is 1. The molecule has 1 N–H and O–H groups in total. The van der Waals surface area contributed by atoms with Crippen molar-refractivity contribution in [2.75, 3.05) is 31.1 Å². The zero-order valence-electron chi connectivity index (χ0n) is 22.1. The van der Waals surface area contributed by atoms with Crippen molar-refractivity contribution in [3.63, 3.8) is 0 Å². The summed E-state index contributed by atoms with van der Waals surface area (Å²) in [6, 6.07) is 4.22. The highest BCUT2D eigenvalue weighted by molar-refractivity contribution is 6.33. The molecule has 9 heteroatoms. The van der Waals surface area contributed by atoms with Crippen LogP contribution in [0.15, 0.2) is 60.2 Å². The molecule has 1 fully saturated rings. The zero-order chi connectivity index (χ0) is 27.7. The number of carbonyl (C=O) groups excluding carboxylic acids is 2. The largest absolute Gasteiger partial charge is 0.349 e. The zero-order valence-corrected chi connectivity index (χ0v) is 22.8. The average Bonchev–Trinajstić information content (AvgIpc) is 3.32. The molecule has 1 aliphatic carbocycles. The Morgan fingerprint density at radius 2 is 2.03 bits per heavy atom. The minimum Gasteiger partial charge on any atom is -0.349 e. The Morgan fingerprint density at radius 3 is 2.68 bits per heavy atom. The third-order valence-electron chi connectivity index (χ3n) is 6.78. The number of nitrogens with one attached hydrogen (secondary N) is 1. The SMILES string of the molecule is C=CC=CC(=O)N(CC=C)CC1CCCC(NC(=O)c2c(-c3c(F)cccc3Cl)noc2N(CC)CC)C1. The molecular formula is C29H36ClFN4O3. The van der Waals surface area contributed by atoms with E-state index >= 15 is 0 Å². The molecular weight excluding hydrogens is 507 g/mol. The summed E-state index contributed by atoms with van der Waals surface area (Å²) in [5.41, 5.74) is 0.284. The van der Waals surface area contributed by atoms with Crippen LogP contribution in [0, 0.1) is 11.7 Å². The van der Waals surface area contributed by atoms with Gasteiger partial charge in [0.2, 0.25) is 11.8 Å². The van der Waals surface area contributed by atoms with Crippen molar-refractivity contribution < 1.29 is 18.5 Å². The number of benzene rings is 1. The molecule has 2 amide bonds. The van der Waals surface area contributed by atoms with Gasteiger partial charge in [-0.2, -0.15) is 0 Å². The molecule has 2 unspecified atom stereocenters. The minimum atomic E-state index is -0.582. The molecule has 204 valence electrons. The van der Waals surface area contributed by atoms with Crippen molar-refractivity contribution in [1.82, 2.24) is 15.4 Å². The van der Waals surface area contributed by atoms with Gasteiger partial charge in [-0.05, 0) is 51.2 Å². The van der Waals surface area contributed by atoms with E-state index in [1.165, 1.54) is 18.2 Å². The molecule has 1 aromatic carbocycles. The maximum atomic E-state index is 14.8. The first-order valence-electron chi connectivity index (χ1n) is 13.0. The van der Waals surface area contributed by atoms with Gasteiger partial charge in [-0.15, -0.1) is 6.58 Å². The van der Waals surface area contributed by atoms with Gasteiger partial charge in [-0.25, -0.2) is 4.39 Å². The lowest BCUT2D eigenvalue weighted by atomic mass is 9.85. The Balaban J connectivity index is 1.84. The fourth-order valence-electron chi connectivity index (χ4n) is 4.93. The molecule has 3 rings (SSSR count). The van der Waals surface area contributed by atoms with Gasteiger partial charge in [0, 0.05) is 38.3 Å². The van der Waals surface area contributed by atoms with Gasteiger partial charge in [0.15, 0.2) is 0 Å². The van der Waals surface area contributed by atoms with Crippen LogP contribution in [0.1, 0.15) is 49.9 Å². The average molecular weight is 543 g/mol. The molecule has 0 saturated heterocycles. The predicted octanol–water partition coefficient (Wildman–Crippen LogP) is 6.03. The number of amides is 2. The standard InChI is InChI=1S/C29H36ClFN4O3/c1-5-9-16-24(36)35(17-6-2)19-20-12-10-13-21(18-20)32-28(37)26-27(25-22(30)14-11-15-23(25)31)33-38-29(26)34(7-3)8-4/h5-6,9,11,14-16,20-21H,1-2,7-8,10,12-13,17-19H2,3-4H3,(H,32,37). The van der Waals surface area contributed by atoms with E-state index in [4.69, 9.17) is 16.1 Å². The second-order valence-electron chi connectivity index (χ2n) is 9.31. The van der Waals surface area contributed by atoms with E-state index < -0.39 is 5.82 Å². The van der Waals surface area contributed by atoms with E-state index in [-0.39, 0.29) is 51.5 Å². The first-order chi connectivity index (χ1) is 18.3. The predicted molar refractivity (Wildman–Crippen MR) is 150 cm³/mol. The second-order valence-corrected chi connectivity index (χ2v) is 9.72. The van der Waals surface area contributed by atoms with Crippen LogP contribution in [0.3, 0.4) is 0 Å². The van der Waals surface area contributed by atoms with Crippen LogP contribution in [0.4, 0.5) is 10.3 Å². The maximum Gasteiger partial charge on any atom is 0.259 e. The van der Waals surface area contributed by atoms with Crippen LogP contribution in [0.2, 0.25) is 5.02 Å². The number of hydrogen-bond acceptors (Lipinski definition) is 5. The second kappa shape index (κ2) is 14.0. The summed E-state index contributed by atoms with van der Waals surface area (Å²) in [6.45, 7) is 13.4. The Bertz CT molecular complexity index is 1150. The molecule has 2 atom stereocenters. The lowest BCUT2D eigenvalue weighted by Gasteiger charge is -2.33. The van der Waals surface area contributed by atoms with Crippen molar-refractivity contribution in [2.45, 2.75) is 45.6 Å². The highest BCUT2D eigenvalue weighted by Crippen LogP contribution is 2.37. The molecule has 38 heavy (non-hydrogen) atoms. The van der Waals surface area contributed by atoms with Gasteiger partial charge in [0.1, 0.15) is 17.1 Å². The van der Waals surface area contributed by atoms with Crippen molar-refractivity contribution in [3.8, 4) is 11.3 Å². The van der Waals surface area contributed by atoms with E-state index in [0.717, 1.165) is 19.3 Å². The summed E-state index contributed by atoms with van der Waals surface area (Å²) in [7, 11) is 0. The third-order valence-corrected chi connectivity index (χ3v) is 7.10. The van der Waals surface area contributed by atoms with Gasteiger partial charge < -0.3 is 19.6 Å². The molecule has 0 spiro atoms. The maximum absolute atomic E-state index is 14.8. The summed E-state index contributed by atoms with van der Waals surface area (Å²) in [5.74, 6) is -0.579. The number of halogens is 2. The van der Waals surface area contributed by atoms with Gasteiger partial charge in [0.25, 0.3) is 5.91 Å². The van der Waals surface area contributed by atoms with Crippen LogP contribution in [-0.4, -0.2) is 54.1 Å². The topological polar surface area (TPSA) is 78.7 Å². The molecule has 0 aliphatic heterocycles. The number of nitrogens with zero attached hydrogens (tertiary/aromatic N) is 3. The quantitative estimate of drug-likeness (QED) is 0.201. The van der Waals surface area contributed by atoms with Crippen LogP contribution in [0.25, 0.3) is 11.3 Å². The van der Waals surface area contributed by atoms with Crippen molar-refractivity contribution in [3.05, 3.63) is 72.1 Å². The minimum absolute atomic E-state index is 0.0363. The smallest absolute Gasteiger partial charge is 0.259 e. The van der Waals surface area contributed by atoms with E-state index in [0.29, 0.717) is 32.6 Å². The van der Waals surface area contributed by atoms with Gasteiger partial charge in [-0.1, -0.05) is 54.1 Å². The van der Waals surface area contributed by atoms with E-state index in [9.17, 15) is 14.0 Å². The van der Waals surface area contributed by atoms with E-state index in [1.54, 1.807) is 29.2 Å². The monoisotopic (exact) mass is 542 g/mol. The number of hydrogen-bond donors (Lipinski definition) is 1. The summed E-state index contributed by atoms with van der Waals surface area (Å²) in [5, 5.41) is 7.37. The molecule has 7 nitrogen and oxygen atoms in total. The fourth-order valence-corrected chi connectivity index (χ4v) is 5.18. The van der Waals surface area contributed by atoms with E-state index in [1.807, 2.05) is 18.7 Å². The Morgan fingerprint density at radius 1 is 1.26 bits per heavy atom. The highest BCUT2D eigenvalue weighted by Gasteiger charge is 2.32. The molecule has 0 bridgehead atoms. The Kier molecular flexibility index (Phi) is 10.7. The van der Waals surface area contributed by atoms with Gasteiger partial charge >= 0.3 is 0 Å². The van der Waals surface area contributed by atoms with Crippen LogP contribution < -0.4 is 10.2 Å². The third kappa shape index (κ3) is 6.92. The molecule has 1 saturated carbocycles. The van der Waals surface area contributed by atoms with Crippen molar-refractivity contribution in [2.24, 2.45) is 5.92 Å². The van der Waals surface area contributed by atoms with E-state index in [2.05, 4.69) is 23.6 Å². The van der Waals surface area contributed by atoms with Crippen LogP contribution >= 0.6 is 11.6 Å². The number of allylic oxidation sites excluding steroid dienone is 2. The van der Waals surface area contributed by atoms with Crippen LogP contribution in [0.5, 0.6) is 0 Å². The summed E-state index contributed by atoms with van der Waals surface area (Å²) >= 11 is 6.32. The lowest BCUT2D eigenvalue weighted by molar-refractivity contribution is -0.126. The highest BCUT2D eigenvalue weighted by atomic mass is 35.5. The molecule has 1 aromatic heterocycles. The number of rotatable bonds is 12. The number of anilines is 1. The van der Waals surface area contributed by atoms with Crippen molar-refractivity contribution >= 4 is 29.3 Å². The number of carbonyl (C=O) groups is 2. The fraction of sp³-hybridized carbons (Fsp3) is 0.414. The molecule has 1 aliphatic rings. The summed E-state index contributed by atoms with van der Waals surface area (Å²) in [4.78, 5) is 29.9. The normalized spacial score (nSPS) is 17.3. The Labute approximate surface area is 229 Å². The first kappa shape index (κ1) is 29.2. The molecule has 1 heterocycles. The summed E-state index contributed by atoms with van der Waals surface area (Å²) < 4.78 is 20.4. The van der Waals surface area contributed by atoms with Gasteiger partial charge in [-0.3, -0.25) is 9.59 Å². The van der Waals surface area contributed by atoms with Crippen LogP contribution in [-0.2, 0) is 4.79 Å². The van der Waals surface area contributed by atoms with Gasteiger partial charge in [0.05, 0.1) is 10.6 Å². The molecule has 2 aromatic rings.